The minimum Gasteiger partial charge on any atom is -0.391 e. The molecule has 1 aromatic rings. The van der Waals surface area contributed by atoms with Gasteiger partial charge in [-0.15, -0.1) is 0 Å². The third kappa shape index (κ3) is 2.18. The number of halogens is 1. The van der Waals surface area contributed by atoms with Gasteiger partial charge in [-0.25, -0.2) is 0 Å². The van der Waals surface area contributed by atoms with Crippen LogP contribution in [0, 0.1) is 5.92 Å². The lowest BCUT2D eigenvalue weighted by Gasteiger charge is -2.05. The minimum absolute atomic E-state index is 0.00274. The summed E-state index contributed by atoms with van der Waals surface area (Å²) in [6.07, 6.45) is 2.37. The number of nitrogens with zero attached hydrogens (tertiary/aromatic N) is 2. The molecular formula is C11H17ClN2O. The van der Waals surface area contributed by atoms with Crippen molar-refractivity contribution in [2.75, 3.05) is 0 Å². The average molecular weight is 229 g/mol. The summed E-state index contributed by atoms with van der Waals surface area (Å²) in [5.41, 5.74) is 1.85. The molecule has 0 amide bonds. The first-order valence-electron chi connectivity index (χ1n) is 5.49. The summed E-state index contributed by atoms with van der Waals surface area (Å²) in [6, 6.07) is 0. The summed E-state index contributed by atoms with van der Waals surface area (Å²) >= 11 is 6.19. The Morgan fingerprint density at radius 3 is 2.67 bits per heavy atom. The molecule has 4 heteroatoms. The van der Waals surface area contributed by atoms with E-state index < -0.39 is 0 Å². The van der Waals surface area contributed by atoms with Crippen LogP contribution in [0.3, 0.4) is 0 Å². The Morgan fingerprint density at radius 1 is 1.53 bits per heavy atom. The predicted molar refractivity (Wildman–Crippen MR) is 60.0 cm³/mol. The molecule has 3 nitrogen and oxygen atoms in total. The van der Waals surface area contributed by atoms with Gasteiger partial charge in [0.25, 0.3) is 0 Å². The van der Waals surface area contributed by atoms with Crippen molar-refractivity contribution >= 4 is 11.6 Å². The van der Waals surface area contributed by atoms with Gasteiger partial charge in [-0.1, -0.05) is 25.4 Å². The quantitative estimate of drug-likeness (QED) is 0.860. The first kappa shape index (κ1) is 11.0. The van der Waals surface area contributed by atoms with Crippen molar-refractivity contribution in [1.29, 1.82) is 0 Å². The Kier molecular flexibility index (Phi) is 3.03. The number of hydrogen-bond acceptors (Lipinski definition) is 2. The summed E-state index contributed by atoms with van der Waals surface area (Å²) in [5.74, 6) is 1.05. The molecule has 1 aliphatic carbocycles. The molecule has 15 heavy (non-hydrogen) atoms. The molecule has 1 heterocycles. The zero-order chi connectivity index (χ0) is 11.0. The smallest absolute Gasteiger partial charge is 0.132 e. The molecule has 0 atom stereocenters. The molecule has 0 aliphatic heterocycles. The number of aliphatic hydroxyl groups is 1. The van der Waals surface area contributed by atoms with Crippen LogP contribution in [-0.4, -0.2) is 14.9 Å². The lowest BCUT2D eigenvalue weighted by Crippen LogP contribution is -2.06. The van der Waals surface area contributed by atoms with Crippen molar-refractivity contribution in [1.82, 2.24) is 9.78 Å². The molecule has 1 saturated carbocycles. The monoisotopic (exact) mass is 228 g/mol. The van der Waals surface area contributed by atoms with Crippen LogP contribution in [0.5, 0.6) is 0 Å². The van der Waals surface area contributed by atoms with Gasteiger partial charge < -0.3 is 5.11 Å². The highest BCUT2D eigenvalue weighted by Gasteiger charge is 2.31. The molecular weight excluding hydrogens is 212 g/mol. The summed E-state index contributed by atoms with van der Waals surface area (Å²) < 4.78 is 1.82. The van der Waals surface area contributed by atoms with Crippen LogP contribution in [0.15, 0.2) is 0 Å². The van der Waals surface area contributed by atoms with Gasteiger partial charge >= 0.3 is 0 Å². The summed E-state index contributed by atoms with van der Waals surface area (Å²) in [4.78, 5) is 0. The van der Waals surface area contributed by atoms with Crippen molar-refractivity contribution in [3.63, 3.8) is 0 Å². The lowest BCUT2D eigenvalue weighted by molar-refractivity contribution is 0.280. The van der Waals surface area contributed by atoms with Crippen molar-refractivity contribution in [2.24, 2.45) is 5.92 Å². The molecule has 2 rings (SSSR count). The molecule has 0 aromatic carbocycles. The van der Waals surface area contributed by atoms with Gasteiger partial charge in [0, 0.05) is 18.0 Å². The van der Waals surface area contributed by atoms with Crippen LogP contribution < -0.4 is 0 Å². The summed E-state index contributed by atoms with van der Waals surface area (Å²) in [6.45, 7) is 5.09. The highest BCUT2D eigenvalue weighted by atomic mass is 35.5. The normalized spacial score (nSPS) is 16.3. The van der Waals surface area contributed by atoms with E-state index in [1.165, 1.54) is 12.8 Å². The summed E-state index contributed by atoms with van der Waals surface area (Å²) in [7, 11) is 0. The van der Waals surface area contributed by atoms with Gasteiger partial charge in [-0.2, -0.15) is 5.10 Å². The van der Waals surface area contributed by atoms with E-state index in [0.717, 1.165) is 17.8 Å². The maximum atomic E-state index is 9.29. The van der Waals surface area contributed by atoms with Crippen LogP contribution in [-0.2, 0) is 13.2 Å². The zero-order valence-corrected chi connectivity index (χ0v) is 9.96. The SMILES string of the molecule is CC(C)Cn1nc(C2CC2)c(CO)c1Cl. The van der Waals surface area contributed by atoms with Crippen molar-refractivity contribution in [3.8, 4) is 0 Å². The highest BCUT2D eigenvalue weighted by molar-refractivity contribution is 6.30. The van der Waals surface area contributed by atoms with Crippen LogP contribution in [0.1, 0.15) is 43.9 Å². The Morgan fingerprint density at radius 2 is 2.20 bits per heavy atom. The fraction of sp³-hybridized carbons (Fsp3) is 0.727. The molecule has 0 spiro atoms. The van der Waals surface area contributed by atoms with E-state index in [-0.39, 0.29) is 6.61 Å². The average Bonchev–Trinajstić information content (AvgIpc) is 2.94. The molecule has 1 aromatic heterocycles. The number of rotatable bonds is 4. The summed E-state index contributed by atoms with van der Waals surface area (Å²) in [5, 5.41) is 14.4. The second-order valence-corrected chi connectivity index (χ2v) is 5.02. The lowest BCUT2D eigenvalue weighted by atomic mass is 10.2. The third-order valence-electron chi connectivity index (χ3n) is 2.67. The second kappa shape index (κ2) is 4.14. The standard InChI is InChI=1S/C11H17ClN2O/c1-7(2)5-14-11(12)9(6-15)10(13-14)8-3-4-8/h7-8,15H,3-6H2,1-2H3. The van der Waals surface area contributed by atoms with Crippen LogP contribution in [0.25, 0.3) is 0 Å². The first-order valence-corrected chi connectivity index (χ1v) is 5.87. The Labute approximate surface area is 95.0 Å². The van der Waals surface area contributed by atoms with E-state index in [1.807, 2.05) is 4.68 Å². The molecule has 0 unspecified atom stereocenters. The van der Waals surface area contributed by atoms with Gasteiger partial charge in [0.05, 0.1) is 12.3 Å². The molecule has 1 N–H and O–H groups in total. The van der Waals surface area contributed by atoms with Crippen molar-refractivity contribution < 1.29 is 5.11 Å². The van der Waals surface area contributed by atoms with Crippen molar-refractivity contribution in [3.05, 3.63) is 16.4 Å². The van der Waals surface area contributed by atoms with Gasteiger partial charge in [0.2, 0.25) is 0 Å². The number of hydrogen-bond donors (Lipinski definition) is 1. The van der Waals surface area contributed by atoms with Gasteiger partial charge in [-0.3, -0.25) is 4.68 Å². The topological polar surface area (TPSA) is 38.0 Å². The third-order valence-corrected chi connectivity index (χ3v) is 3.10. The van der Waals surface area contributed by atoms with Crippen LogP contribution >= 0.6 is 11.6 Å². The highest BCUT2D eigenvalue weighted by Crippen LogP contribution is 2.42. The predicted octanol–water partition coefficient (Wildman–Crippen LogP) is 2.56. The van der Waals surface area contributed by atoms with E-state index in [2.05, 4.69) is 18.9 Å². The van der Waals surface area contributed by atoms with E-state index in [0.29, 0.717) is 17.0 Å². The molecule has 84 valence electrons. The fourth-order valence-electron chi connectivity index (χ4n) is 1.79. The van der Waals surface area contributed by atoms with Crippen LogP contribution in [0.4, 0.5) is 0 Å². The maximum absolute atomic E-state index is 9.29. The van der Waals surface area contributed by atoms with Gasteiger partial charge in [-0.05, 0) is 18.8 Å². The van der Waals surface area contributed by atoms with Gasteiger partial charge in [0.15, 0.2) is 0 Å². The van der Waals surface area contributed by atoms with Crippen LogP contribution in [0.2, 0.25) is 5.15 Å². The molecule has 0 bridgehead atoms. The zero-order valence-electron chi connectivity index (χ0n) is 9.20. The van der Waals surface area contributed by atoms with E-state index in [4.69, 9.17) is 11.6 Å². The molecule has 1 fully saturated rings. The van der Waals surface area contributed by atoms with E-state index >= 15 is 0 Å². The Hall–Kier alpha value is -0.540. The fourth-order valence-corrected chi connectivity index (χ4v) is 2.06. The Bertz CT molecular complexity index is 356. The maximum Gasteiger partial charge on any atom is 0.132 e. The molecule has 0 saturated heterocycles. The molecule has 0 radical (unpaired) electrons. The van der Waals surface area contributed by atoms with E-state index in [9.17, 15) is 5.11 Å². The van der Waals surface area contributed by atoms with Crippen molar-refractivity contribution in [2.45, 2.75) is 45.8 Å². The molecule has 1 aliphatic rings. The number of aromatic nitrogens is 2. The first-order chi connectivity index (χ1) is 7.13. The van der Waals surface area contributed by atoms with Gasteiger partial charge in [0.1, 0.15) is 5.15 Å². The second-order valence-electron chi connectivity index (χ2n) is 4.66. The largest absolute Gasteiger partial charge is 0.391 e. The van der Waals surface area contributed by atoms with E-state index in [1.54, 1.807) is 0 Å². The Balaban J connectivity index is 2.30. The minimum atomic E-state index is 0.00274. The number of aliphatic hydroxyl groups excluding tert-OH is 1.